The fourth-order valence-electron chi connectivity index (χ4n) is 2.71. The molecule has 6 heteroatoms. The maximum atomic E-state index is 12.1. The first-order valence-electron chi connectivity index (χ1n) is 9.18. The number of para-hydroxylation sites is 2. The molecular formula is C21H25N3O2S. The lowest BCUT2D eigenvalue weighted by atomic mass is 10.2. The minimum absolute atomic E-state index is 0.0269. The average Bonchev–Trinajstić information content (AvgIpc) is 3.04. The van der Waals surface area contributed by atoms with Gasteiger partial charge in [-0.25, -0.2) is 4.98 Å². The minimum atomic E-state index is 0.0269. The van der Waals surface area contributed by atoms with Crippen LogP contribution in [0.2, 0.25) is 0 Å². The molecule has 0 saturated carbocycles. The monoisotopic (exact) mass is 383 g/mol. The summed E-state index contributed by atoms with van der Waals surface area (Å²) in [6.07, 6.45) is 0. The topological polar surface area (TPSA) is 56.1 Å². The fourth-order valence-corrected chi connectivity index (χ4v) is 3.57. The van der Waals surface area contributed by atoms with Gasteiger partial charge in [0, 0.05) is 12.2 Å². The fraction of sp³-hybridized carbons (Fsp3) is 0.333. The molecule has 3 rings (SSSR count). The number of fused-ring (bicyclic) bond motifs is 1. The number of thioether (sulfide) groups is 1. The van der Waals surface area contributed by atoms with Crippen LogP contribution in [0.1, 0.15) is 20.8 Å². The number of hydrogen-bond donors (Lipinski definition) is 1. The maximum absolute atomic E-state index is 12.1. The number of amides is 1. The molecule has 0 aliphatic carbocycles. The molecule has 3 aromatic rings. The van der Waals surface area contributed by atoms with E-state index in [0.29, 0.717) is 24.8 Å². The number of carbonyl (C=O) groups is 1. The third-order valence-corrected chi connectivity index (χ3v) is 4.91. The van der Waals surface area contributed by atoms with Crippen molar-refractivity contribution >= 4 is 28.7 Å². The van der Waals surface area contributed by atoms with Crippen molar-refractivity contribution in [3.05, 3.63) is 48.5 Å². The van der Waals surface area contributed by atoms with E-state index in [-0.39, 0.29) is 5.91 Å². The molecular weight excluding hydrogens is 358 g/mol. The molecule has 0 radical (unpaired) electrons. The Hall–Kier alpha value is -2.47. The summed E-state index contributed by atoms with van der Waals surface area (Å²) in [5, 5.41) is 3.76. The molecule has 0 atom stereocenters. The summed E-state index contributed by atoms with van der Waals surface area (Å²) in [6, 6.07) is 15.9. The molecule has 0 spiro atoms. The largest absolute Gasteiger partial charge is 0.494 e. The molecule has 1 heterocycles. The quantitative estimate of drug-likeness (QED) is 0.590. The van der Waals surface area contributed by atoms with Crippen molar-refractivity contribution in [2.24, 2.45) is 5.92 Å². The van der Waals surface area contributed by atoms with Gasteiger partial charge in [0.15, 0.2) is 5.16 Å². The van der Waals surface area contributed by atoms with Gasteiger partial charge in [-0.3, -0.25) is 9.36 Å². The summed E-state index contributed by atoms with van der Waals surface area (Å²) in [4.78, 5) is 16.8. The lowest BCUT2D eigenvalue weighted by molar-refractivity contribution is -0.118. The molecule has 0 unspecified atom stereocenters. The van der Waals surface area contributed by atoms with Gasteiger partial charge in [-0.05, 0) is 49.2 Å². The third-order valence-electron chi connectivity index (χ3n) is 3.98. The van der Waals surface area contributed by atoms with Crippen molar-refractivity contribution in [2.45, 2.75) is 25.9 Å². The van der Waals surface area contributed by atoms with E-state index in [9.17, 15) is 4.79 Å². The minimum Gasteiger partial charge on any atom is -0.494 e. The van der Waals surface area contributed by atoms with Gasteiger partial charge in [0.25, 0.3) is 0 Å². The Kier molecular flexibility index (Phi) is 6.40. The molecule has 2 aromatic carbocycles. The third kappa shape index (κ3) is 4.83. The van der Waals surface area contributed by atoms with E-state index in [1.807, 2.05) is 55.5 Å². The summed E-state index contributed by atoms with van der Waals surface area (Å²) in [6.45, 7) is 7.46. The van der Waals surface area contributed by atoms with Crippen LogP contribution in [0.3, 0.4) is 0 Å². The number of imidazole rings is 1. The normalized spacial score (nSPS) is 11.1. The van der Waals surface area contributed by atoms with E-state index >= 15 is 0 Å². The Morgan fingerprint density at radius 2 is 1.93 bits per heavy atom. The van der Waals surface area contributed by atoms with Crippen molar-refractivity contribution in [3.63, 3.8) is 0 Å². The van der Waals surface area contributed by atoms with Crippen LogP contribution in [0, 0.1) is 5.92 Å². The van der Waals surface area contributed by atoms with Gasteiger partial charge >= 0.3 is 0 Å². The second-order valence-electron chi connectivity index (χ2n) is 6.63. The van der Waals surface area contributed by atoms with Gasteiger partial charge in [-0.15, -0.1) is 0 Å². The summed E-state index contributed by atoms with van der Waals surface area (Å²) in [5.74, 6) is 1.65. The van der Waals surface area contributed by atoms with Gasteiger partial charge in [0.05, 0.1) is 23.4 Å². The van der Waals surface area contributed by atoms with E-state index in [4.69, 9.17) is 9.72 Å². The molecule has 0 fully saturated rings. The zero-order valence-electron chi connectivity index (χ0n) is 15.9. The molecule has 0 bridgehead atoms. The number of ether oxygens (including phenoxy) is 1. The summed E-state index contributed by atoms with van der Waals surface area (Å²) in [5.41, 5.74) is 2.93. The Bertz CT molecular complexity index is 903. The zero-order chi connectivity index (χ0) is 19.2. The molecule has 27 heavy (non-hydrogen) atoms. The first-order valence-corrected chi connectivity index (χ1v) is 10.2. The molecule has 0 aliphatic heterocycles. The Morgan fingerprint density at radius 3 is 2.63 bits per heavy atom. The van der Waals surface area contributed by atoms with E-state index in [2.05, 4.69) is 23.7 Å². The SMILES string of the molecule is CCOc1ccc(-n2c(SCC(=O)NCC(C)C)nc3ccccc32)cc1. The van der Waals surface area contributed by atoms with Crippen LogP contribution in [0.15, 0.2) is 53.7 Å². The van der Waals surface area contributed by atoms with E-state index in [1.165, 1.54) is 11.8 Å². The number of nitrogens with zero attached hydrogens (tertiary/aromatic N) is 2. The smallest absolute Gasteiger partial charge is 0.230 e. The van der Waals surface area contributed by atoms with Gasteiger partial charge in [0.1, 0.15) is 5.75 Å². The van der Waals surface area contributed by atoms with Crippen LogP contribution in [-0.4, -0.2) is 34.4 Å². The van der Waals surface area contributed by atoms with Gasteiger partial charge < -0.3 is 10.1 Å². The average molecular weight is 384 g/mol. The number of hydrogen-bond acceptors (Lipinski definition) is 4. The highest BCUT2D eigenvalue weighted by Crippen LogP contribution is 2.28. The number of nitrogens with one attached hydrogen (secondary N) is 1. The number of benzene rings is 2. The highest BCUT2D eigenvalue weighted by Gasteiger charge is 2.14. The Balaban J connectivity index is 1.86. The standard InChI is InChI=1S/C21H25N3O2S/c1-4-26-17-11-9-16(10-12-17)24-19-8-6-5-7-18(19)23-21(24)27-14-20(25)22-13-15(2)3/h5-12,15H,4,13-14H2,1-3H3,(H,22,25). The van der Waals surface area contributed by atoms with Crippen LogP contribution >= 0.6 is 11.8 Å². The molecule has 0 saturated heterocycles. The summed E-state index contributed by atoms with van der Waals surface area (Å²) < 4.78 is 7.63. The second-order valence-corrected chi connectivity index (χ2v) is 7.57. The highest BCUT2D eigenvalue weighted by atomic mass is 32.2. The maximum Gasteiger partial charge on any atom is 0.230 e. The van der Waals surface area contributed by atoms with Crippen molar-refractivity contribution in [3.8, 4) is 11.4 Å². The molecule has 5 nitrogen and oxygen atoms in total. The number of aromatic nitrogens is 2. The predicted molar refractivity (Wildman–Crippen MR) is 111 cm³/mol. The van der Waals surface area contributed by atoms with Crippen LogP contribution in [0.4, 0.5) is 0 Å². The first kappa shape index (κ1) is 19.3. The van der Waals surface area contributed by atoms with Crippen LogP contribution < -0.4 is 10.1 Å². The Morgan fingerprint density at radius 1 is 1.19 bits per heavy atom. The van der Waals surface area contributed by atoms with E-state index < -0.39 is 0 Å². The van der Waals surface area contributed by atoms with Gasteiger partial charge in [0.2, 0.25) is 5.91 Å². The van der Waals surface area contributed by atoms with Crippen molar-refractivity contribution < 1.29 is 9.53 Å². The first-order chi connectivity index (χ1) is 13.1. The van der Waals surface area contributed by atoms with Crippen LogP contribution in [0.25, 0.3) is 16.7 Å². The molecule has 1 N–H and O–H groups in total. The highest BCUT2D eigenvalue weighted by molar-refractivity contribution is 7.99. The molecule has 0 aliphatic rings. The zero-order valence-corrected chi connectivity index (χ0v) is 16.8. The van der Waals surface area contributed by atoms with Crippen molar-refractivity contribution in [2.75, 3.05) is 18.9 Å². The Labute approximate surface area is 164 Å². The number of rotatable bonds is 8. The van der Waals surface area contributed by atoms with E-state index in [1.54, 1.807) is 0 Å². The number of carbonyl (C=O) groups excluding carboxylic acids is 1. The van der Waals surface area contributed by atoms with E-state index in [0.717, 1.165) is 27.6 Å². The van der Waals surface area contributed by atoms with Gasteiger partial charge in [-0.1, -0.05) is 37.7 Å². The van der Waals surface area contributed by atoms with Crippen molar-refractivity contribution in [1.29, 1.82) is 0 Å². The van der Waals surface area contributed by atoms with Crippen molar-refractivity contribution in [1.82, 2.24) is 14.9 Å². The predicted octanol–water partition coefficient (Wildman–Crippen LogP) is 4.29. The van der Waals surface area contributed by atoms with Crippen LogP contribution in [-0.2, 0) is 4.79 Å². The summed E-state index contributed by atoms with van der Waals surface area (Å²) in [7, 11) is 0. The van der Waals surface area contributed by atoms with Crippen LogP contribution in [0.5, 0.6) is 5.75 Å². The lowest BCUT2D eigenvalue weighted by Crippen LogP contribution is -2.28. The lowest BCUT2D eigenvalue weighted by Gasteiger charge is -2.11. The molecule has 1 amide bonds. The van der Waals surface area contributed by atoms with Gasteiger partial charge in [-0.2, -0.15) is 0 Å². The summed E-state index contributed by atoms with van der Waals surface area (Å²) >= 11 is 1.45. The second kappa shape index (κ2) is 8.95. The molecule has 142 valence electrons. The molecule has 1 aromatic heterocycles.